The van der Waals surface area contributed by atoms with Crippen molar-refractivity contribution in [3.05, 3.63) is 54.1 Å². The lowest BCUT2D eigenvalue weighted by Gasteiger charge is -2.14. The Morgan fingerprint density at radius 2 is 1.83 bits per heavy atom. The first-order valence-electron chi connectivity index (χ1n) is 5.95. The van der Waals surface area contributed by atoms with Crippen LogP contribution >= 0.6 is 0 Å². The molecule has 0 aromatic heterocycles. The third kappa shape index (κ3) is 2.53. The highest BCUT2D eigenvalue weighted by atomic mass is 16.5. The molecule has 0 saturated heterocycles. The molecule has 0 amide bonds. The van der Waals surface area contributed by atoms with E-state index in [1.165, 1.54) is 0 Å². The highest BCUT2D eigenvalue weighted by molar-refractivity contribution is 5.71. The van der Waals surface area contributed by atoms with Gasteiger partial charge in [0.15, 0.2) is 0 Å². The monoisotopic (exact) mass is 242 g/mol. The van der Waals surface area contributed by atoms with Crippen molar-refractivity contribution in [3.63, 3.8) is 0 Å². The summed E-state index contributed by atoms with van der Waals surface area (Å²) in [5.74, 6) is 0.842. The first kappa shape index (κ1) is 12.6. The van der Waals surface area contributed by atoms with Crippen molar-refractivity contribution in [2.75, 3.05) is 13.7 Å². The van der Waals surface area contributed by atoms with Crippen LogP contribution in [0, 0.1) is 0 Å². The maximum Gasteiger partial charge on any atom is 0.126 e. The summed E-state index contributed by atoms with van der Waals surface area (Å²) in [6, 6.07) is 15.9. The van der Waals surface area contributed by atoms with E-state index in [0.29, 0.717) is 6.54 Å². The molecule has 1 atom stereocenters. The third-order valence-electron chi connectivity index (χ3n) is 2.99. The van der Waals surface area contributed by atoms with Crippen LogP contribution in [0.4, 0.5) is 0 Å². The lowest BCUT2D eigenvalue weighted by molar-refractivity contribution is 0.416. The minimum atomic E-state index is -0.140. The second-order valence-corrected chi connectivity index (χ2v) is 4.17. The van der Waals surface area contributed by atoms with E-state index in [-0.39, 0.29) is 6.04 Å². The molecule has 2 aromatic rings. The van der Waals surface area contributed by atoms with Crippen molar-refractivity contribution in [3.8, 4) is 16.9 Å². The van der Waals surface area contributed by atoms with Gasteiger partial charge in [0, 0.05) is 18.2 Å². The SMILES string of the molecule is COc1ccc(C(N)CN)cc1-c1ccccc1. The highest BCUT2D eigenvalue weighted by Crippen LogP contribution is 2.31. The zero-order valence-electron chi connectivity index (χ0n) is 10.5. The van der Waals surface area contributed by atoms with E-state index >= 15 is 0 Å². The molecule has 0 aliphatic carbocycles. The van der Waals surface area contributed by atoms with Crippen LogP contribution in [0.1, 0.15) is 11.6 Å². The Balaban J connectivity index is 2.50. The van der Waals surface area contributed by atoms with Gasteiger partial charge in [0.25, 0.3) is 0 Å². The summed E-state index contributed by atoms with van der Waals surface area (Å²) in [7, 11) is 1.67. The molecule has 0 spiro atoms. The van der Waals surface area contributed by atoms with Gasteiger partial charge in [-0.3, -0.25) is 0 Å². The lowest BCUT2D eigenvalue weighted by Crippen LogP contribution is -2.20. The molecule has 94 valence electrons. The Kier molecular flexibility index (Phi) is 3.97. The van der Waals surface area contributed by atoms with Gasteiger partial charge in [-0.25, -0.2) is 0 Å². The van der Waals surface area contributed by atoms with Crippen LogP contribution in [0.15, 0.2) is 48.5 Å². The van der Waals surface area contributed by atoms with Crippen LogP contribution in [0.3, 0.4) is 0 Å². The largest absolute Gasteiger partial charge is 0.496 e. The zero-order valence-corrected chi connectivity index (χ0v) is 10.5. The summed E-state index contributed by atoms with van der Waals surface area (Å²) in [6.07, 6.45) is 0. The molecule has 0 heterocycles. The van der Waals surface area contributed by atoms with Gasteiger partial charge in [-0.15, -0.1) is 0 Å². The van der Waals surface area contributed by atoms with Crippen molar-refractivity contribution in [1.29, 1.82) is 0 Å². The third-order valence-corrected chi connectivity index (χ3v) is 2.99. The molecule has 0 fully saturated rings. The first-order chi connectivity index (χ1) is 8.76. The van der Waals surface area contributed by atoms with Gasteiger partial charge < -0.3 is 16.2 Å². The number of ether oxygens (including phenoxy) is 1. The molecule has 4 N–H and O–H groups in total. The Labute approximate surface area is 107 Å². The molecular weight excluding hydrogens is 224 g/mol. The van der Waals surface area contributed by atoms with Crippen molar-refractivity contribution in [1.82, 2.24) is 0 Å². The van der Waals surface area contributed by atoms with E-state index < -0.39 is 0 Å². The molecule has 0 aliphatic rings. The summed E-state index contributed by atoms with van der Waals surface area (Å²) < 4.78 is 5.40. The van der Waals surface area contributed by atoms with Gasteiger partial charge >= 0.3 is 0 Å². The van der Waals surface area contributed by atoms with E-state index in [1.807, 2.05) is 36.4 Å². The van der Waals surface area contributed by atoms with Gasteiger partial charge in [0.05, 0.1) is 7.11 Å². The van der Waals surface area contributed by atoms with Gasteiger partial charge in [0.1, 0.15) is 5.75 Å². The fraction of sp³-hybridized carbons (Fsp3) is 0.200. The lowest BCUT2D eigenvalue weighted by atomic mass is 9.99. The van der Waals surface area contributed by atoms with E-state index in [9.17, 15) is 0 Å². The van der Waals surface area contributed by atoms with E-state index in [1.54, 1.807) is 7.11 Å². The number of hydrogen-bond donors (Lipinski definition) is 2. The van der Waals surface area contributed by atoms with Crippen molar-refractivity contribution < 1.29 is 4.74 Å². The second kappa shape index (κ2) is 5.67. The van der Waals surface area contributed by atoms with Gasteiger partial charge in [-0.1, -0.05) is 36.4 Å². The second-order valence-electron chi connectivity index (χ2n) is 4.17. The van der Waals surface area contributed by atoms with Crippen LogP contribution in [-0.2, 0) is 0 Å². The number of rotatable bonds is 4. The zero-order chi connectivity index (χ0) is 13.0. The summed E-state index contributed by atoms with van der Waals surface area (Å²) in [6.45, 7) is 0.431. The van der Waals surface area contributed by atoms with Crippen LogP contribution in [-0.4, -0.2) is 13.7 Å². The molecule has 0 radical (unpaired) electrons. The Morgan fingerprint density at radius 3 is 2.44 bits per heavy atom. The van der Waals surface area contributed by atoms with Gasteiger partial charge in [-0.2, -0.15) is 0 Å². The van der Waals surface area contributed by atoms with Gasteiger partial charge in [-0.05, 0) is 23.3 Å². The molecule has 0 bridgehead atoms. The Bertz CT molecular complexity index is 511. The quantitative estimate of drug-likeness (QED) is 0.865. The standard InChI is InChI=1S/C15H18N2O/c1-18-15-8-7-12(14(17)10-16)9-13(15)11-5-3-2-4-6-11/h2-9,14H,10,16-17H2,1H3. The molecule has 2 rings (SSSR count). The summed E-state index contributed by atoms with van der Waals surface area (Å²) >= 11 is 0. The summed E-state index contributed by atoms with van der Waals surface area (Å²) in [5, 5.41) is 0. The van der Waals surface area contributed by atoms with E-state index in [2.05, 4.69) is 12.1 Å². The van der Waals surface area contributed by atoms with Gasteiger partial charge in [0.2, 0.25) is 0 Å². The highest BCUT2D eigenvalue weighted by Gasteiger charge is 2.10. The minimum Gasteiger partial charge on any atom is -0.496 e. The Hall–Kier alpha value is -1.84. The summed E-state index contributed by atoms with van der Waals surface area (Å²) in [4.78, 5) is 0. The number of methoxy groups -OCH3 is 1. The maximum atomic E-state index is 5.97. The molecule has 3 heteroatoms. The molecule has 0 aliphatic heterocycles. The van der Waals surface area contributed by atoms with Crippen LogP contribution < -0.4 is 16.2 Å². The fourth-order valence-electron chi connectivity index (χ4n) is 1.94. The molecule has 3 nitrogen and oxygen atoms in total. The minimum absolute atomic E-state index is 0.140. The fourth-order valence-corrected chi connectivity index (χ4v) is 1.94. The molecular formula is C15H18N2O. The molecule has 0 saturated carbocycles. The average molecular weight is 242 g/mol. The number of nitrogens with two attached hydrogens (primary N) is 2. The van der Waals surface area contributed by atoms with Crippen LogP contribution in [0.2, 0.25) is 0 Å². The van der Waals surface area contributed by atoms with Crippen molar-refractivity contribution in [2.45, 2.75) is 6.04 Å². The smallest absolute Gasteiger partial charge is 0.126 e. The van der Waals surface area contributed by atoms with Crippen molar-refractivity contribution in [2.24, 2.45) is 11.5 Å². The number of hydrogen-bond acceptors (Lipinski definition) is 3. The van der Waals surface area contributed by atoms with Crippen LogP contribution in [0.5, 0.6) is 5.75 Å². The number of benzene rings is 2. The van der Waals surface area contributed by atoms with Crippen LogP contribution in [0.25, 0.3) is 11.1 Å². The maximum absolute atomic E-state index is 5.97. The molecule has 2 aromatic carbocycles. The predicted molar refractivity (Wildman–Crippen MR) is 74.4 cm³/mol. The van der Waals surface area contributed by atoms with Crippen molar-refractivity contribution >= 4 is 0 Å². The first-order valence-corrected chi connectivity index (χ1v) is 5.95. The molecule has 18 heavy (non-hydrogen) atoms. The Morgan fingerprint density at radius 1 is 1.11 bits per heavy atom. The summed E-state index contributed by atoms with van der Waals surface area (Å²) in [5.41, 5.74) is 14.8. The topological polar surface area (TPSA) is 61.3 Å². The normalized spacial score (nSPS) is 12.2. The average Bonchev–Trinajstić information content (AvgIpc) is 2.46. The predicted octanol–water partition coefficient (Wildman–Crippen LogP) is 2.32. The van der Waals surface area contributed by atoms with E-state index in [4.69, 9.17) is 16.2 Å². The van der Waals surface area contributed by atoms with E-state index in [0.717, 1.165) is 22.4 Å². The molecule has 1 unspecified atom stereocenters.